The molecule has 1 unspecified atom stereocenters. The zero-order chi connectivity index (χ0) is 15.5. The van der Waals surface area contributed by atoms with Gasteiger partial charge >= 0.3 is 0 Å². The molecule has 0 aliphatic heterocycles. The van der Waals surface area contributed by atoms with Gasteiger partial charge < -0.3 is 5.11 Å². The molecule has 1 aromatic heterocycles. The van der Waals surface area contributed by atoms with Gasteiger partial charge in [0.2, 0.25) is 0 Å². The number of para-hydroxylation sites is 1. The summed E-state index contributed by atoms with van der Waals surface area (Å²) in [6, 6.07) is 9.52. The van der Waals surface area contributed by atoms with Crippen LogP contribution < -0.4 is 0 Å². The number of rotatable bonds is 2. The highest BCUT2D eigenvalue weighted by Gasteiger charge is 2.20. The summed E-state index contributed by atoms with van der Waals surface area (Å²) in [4.78, 5) is 4.59. The molecular formula is C18H18N2OS. The first kappa shape index (κ1) is 14.8. The Morgan fingerprint density at radius 2 is 2.23 bits per heavy atom. The quantitative estimate of drug-likeness (QED) is 0.794. The van der Waals surface area contributed by atoms with Crippen LogP contribution in [0.1, 0.15) is 37.6 Å². The summed E-state index contributed by atoms with van der Waals surface area (Å²) in [5.41, 5.74) is 3.41. The summed E-state index contributed by atoms with van der Waals surface area (Å²) in [5, 5.41) is 22.2. The first-order valence-electron chi connectivity index (χ1n) is 7.55. The molecule has 1 fully saturated rings. The average molecular weight is 310 g/mol. The van der Waals surface area contributed by atoms with Gasteiger partial charge in [-0.25, -0.2) is 4.98 Å². The summed E-state index contributed by atoms with van der Waals surface area (Å²) in [6.45, 7) is 2.24. The summed E-state index contributed by atoms with van der Waals surface area (Å²) in [5.74, 6) is 0.862. The van der Waals surface area contributed by atoms with Crippen LogP contribution >= 0.6 is 11.3 Å². The maximum atomic E-state index is 9.94. The average Bonchev–Trinajstić information content (AvgIpc) is 2.98. The van der Waals surface area contributed by atoms with Crippen LogP contribution in [0.4, 0.5) is 0 Å². The van der Waals surface area contributed by atoms with Gasteiger partial charge in [0.25, 0.3) is 0 Å². The monoisotopic (exact) mass is 310 g/mol. The maximum absolute atomic E-state index is 9.94. The number of benzene rings is 1. The Morgan fingerprint density at radius 3 is 2.95 bits per heavy atom. The molecule has 0 amide bonds. The lowest BCUT2D eigenvalue weighted by molar-refractivity contribution is 0.454. The van der Waals surface area contributed by atoms with Crippen LogP contribution in [0.5, 0.6) is 5.75 Å². The van der Waals surface area contributed by atoms with E-state index in [2.05, 4.69) is 18.0 Å². The van der Waals surface area contributed by atoms with Gasteiger partial charge in [-0.1, -0.05) is 25.5 Å². The lowest BCUT2D eigenvalue weighted by Crippen LogP contribution is -2.06. The molecule has 1 saturated carbocycles. The Hall–Kier alpha value is -2.12. The van der Waals surface area contributed by atoms with Crippen molar-refractivity contribution in [1.82, 2.24) is 4.98 Å². The Balaban J connectivity index is 1.97. The number of hydrogen-bond donors (Lipinski definition) is 1. The van der Waals surface area contributed by atoms with E-state index < -0.39 is 0 Å². The second-order valence-electron chi connectivity index (χ2n) is 5.85. The highest BCUT2D eigenvalue weighted by molar-refractivity contribution is 7.11. The fourth-order valence-corrected chi connectivity index (χ4v) is 3.86. The molecule has 112 valence electrons. The van der Waals surface area contributed by atoms with Crippen molar-refractivity contribution in [3.63, 3.8) is 0 Å². The van der Waals surface area contributed by atoms with E-state index in [4.69, 9.17) is 0 Å². The normalized spacial score (nSPS) is 20.5. The fourth-order valence-electron chi connectivity index (χ4n) is 3.00. The molecular weight excluding hydrogens is 292 g/mol. The SMILES string of the molecule is CC1CCC/C(=C(/C#N)c2nc(-c3ccccc3O)cs2)C1. The zero-order valence-corrected chi connectivity index (χ0v) is 13.4. The molecule has 0 bridgehead atoms. The molecule has 1 aromatic carbocycles. The second-order valence-corrected chi connectivity index (χ2v) is 6.71. The molecule has 1 atom stereocenters. The Labute approximate surface area is 134 Å². The Bertz CT molecular complexity index is 754. The zero-order valence-electron chi connectivity index (χ0n) is 12.5. The number of allylic oxidation sites excluding steroid dienone is 2. The van der Waals surface area contributed by atoms with Gasteiger partial charge in [-0.2, -0.15) is 5.26 Å². The maximum Gasteiger partial charge on any atom is 0.134 e. The van der Waals surface area contributed by atoms with E-state index in [-0.39, 0.29) is 5.75 Å². The van der Waals surface area contributed by atoms with E-state index in [1.165, 1.54) is 23.3 Å². The summed E-state index contributed by atoms with van der Waals surface area (Å²) >= 11 is 1.48. The van der Waals surface area contributed by atoms with Gasteiger partial charge in [0.15, 0.2) is 0 Å². The van der Waals surface area contributed by atoms with E-state index >= 15 is 0 Å². The van der Waals surface area contributed by atoms with Crippen molar-refractivity contribution < 1.29 is 5.11 Å². The smallest absolute Gasteiger partial charge is 0.134 e. The lowest BCUT2D eigenvalue weighted by atomic mass is 9.84. The van der Waals surface area contributed by atoms with E-state index in [0.29, 0.717) is 11.5 Å². The minimum absolute atomic E-state index is 0.219. The number of aromatic nitrogens is 1. The van der Waals surface area contributed by atoms with Gasteiger partial charge in [0, 0.05) is 10.9 Å². The molecule has 1 aliphatic carbocycles. The highest BCUT2D eigenvalue weighted by atomic mass is 32.1. The Kier molecular flexibility index (Phi) is 4.26. The van der Waals surface area contributed by atoms with E-state index in [9.17, 15) is 10.4 Å². The Morgan fingerprint density at radius 1 is 1.41 bits per heavy atom. The van der Waals surface area contributed by atoms with Crippen molar-refractivity contribution in [2.45, 2.75) is 32.6 Å². The molecule has 0 radical (unpaired) electrons. The molecule has 1 N–H and O–H groups in total. The highest BCUT2D eigenvalue weighted by Crippen LogP contribution is 2.36. The molecule has 1 aliphatic rings. The standard InChI is InChI=1S/C18H18N2OS/c1-12-5-4-6-13(9-12)15(10-19)18-20-16(11-22-18)14-7-2-3-8-17(14)21/h2-3,7-8,11-12,21H,4-6,9H2,1H3/b15-13+. The van der Waals surface area contributed by atoms with E-state index in [0.717, 1.165) is 35.5 Å². The summed E-state index contributed by atoms with van der Waals surface area (Å²) < 4.78 is 0. The summed E-state index contributed by atoms with van der Waals surface area (Å²) in [6.07, 6.45) is 4.38. The van der Waals surface area contributed by atoms with Gasteiger partial charge in [-0.15, -0.1) is 11.3 Å². The van der Waals surface area contributed by atoms with Crippen LogP contribution in [0.15, 0.2) is 35.2 Å². The van der Waals surface area contributed by atoms with Crippen molar-refractivity contribution in [1.29, 1.82) is 5.26 Å². The molecule has 2 aromatic rings. The van der Waals surface area contributed by atoms with Crippen LogP contribution in [0, 0.1) is 17.2 Å². The molecule has 22 heavy (non-hydrogen) atoms. The van der Waals surface area contributed by atoms with Gasteiger partial charge in [0.1, 0.15) is 16.8 Å². The van der Waals surface area contributed by atoms with Gasteiger partial charge in [-0.3, -0.25) is 0 Å². The van der Waals surface area contributed by atoms with Crippen molar-refractivity contribution in [3.05, 3.63) is 40.2 Å². The van der Waals surface area contributed by atoms with Crippen LogP contribution in [0.25, 0.3) is 16.8 Å². The van der Waals surface area contributed by atoms with Crippen LogP contribution in [0.2, 0.25) is 0 Å². The predicted octanol–water partition coefficient (Wildman–Crippen LogP) is 5.00. The first-order valence-corrected chi connectivity index (χ1v) is 8.43. The minimum Gasteiger partial charge on any atom is -0.507 e. The first-order chi connectivity index (χ1) is 10.7. The van der Waals surface area contributed by atoms with Crippen LogP contribution in [0.3, 0.4) is 0 Å². The van der Waals surface area contributed by atoms with E-state index in [1.807, 2.05) is 17.5 Å². The lowest BCUT2D eigenvalue weighted by Gasteiger charge is -2.21. The molecule has 0 saturated heterocycles. The number of phenolic OH excluding ortho intramolecular Hbond substituents is 1. The molecule has 1 heterocycles. The van der Waals surface area contributed by atoms with Crippen LogP contribution in [-0.4, -0.2) is 10.1 Å². The largest absolute Gasteiger partial charge is 0.507 e. The number of aromatic hydroxyl groups is 1. The van der Waals surface area contributed by atoms with Crippen molar-refractivity contribution in [2.24, 2.45) is 5.92 Å². The topological polar surface area (TPSA) is 56.9 Å². The number of phenols is 1. The molecule has 3 rings (SSSR count). The number of hydrogen-bond acceptors (Lipinski definition) is 4. The van der Waals surface area contributed by atoms with Gasteiger partial charge in [0.05, 0.1) is 11.3 Å². The molecule has 0 spiro atoms. The molecule has 3 nitrogen and oxygen atoms in total. The molecule has 4 heteroatoms. The number of nitriles is 1. The number of nitrogens with zero attached hydrogens (tertiary/aromatic N) is 2. The van der Waals surface area contributed by atoms with Crippen molar-refractivity contribution in [3.8, 4) is 23.1 Å². The van der Waals surface area contributed by atoms with Crippen molar-refractivity contribution in [2.75, 3.05) is 0 Å². The number of thiazole rings is 1. The minimum atomic E-state index is 0.219. The van der Waals surface area contributed by atoms with Gasteiger partial charge in [-0.05, 0) is 42.9 Å². The fraction of sp³-hybridized carbons (Fsp3) is 0.333. The predicted molar refractivity (Wildman–Crippen MR) is 89.4 cm³/mol. The third-order valence-corrected chi connectivity index (χ3v) is 4.99. The third-order valence-electron chi connectivity index (χ3n) is 4.13. The van der Waals surface area contributed by atoms with Crippen molar-refractivity contribution >= 4 is 16.9 Å². The third kappa shape index (κ3) is 2.90. The van der Waals surface area contributed by atoms with E-state index in [1.54, 1.807) is 12.1 Å². The second kappa shape index (κ2) is 6.33. The van der Waals surface area contributed by atoms with Crippen LogP contribution in [-0.2, 0) is 0 Å². The summed E-state index contributed by atoms with van der Waals surface area (Å²) in [7, 11) is 0.